The highest BCUT2D eigenvalue weighted by atomic mass is 16.5. The van der Waals surface area contributed by atoms with E-state index in [-0.39, 0.29) is 12.1 Å². The summed E-state index contributed by atoms with van der Waals surface area (Å²) in [6, 6.07) is 7.00. The Balaban J connectivity index is 2.07. The van der Waals surface area contributed by atoms with Gasteiger partial charge in [0, 0.05) is 19.3 Å². The van der Waals surface area contributed by atoms with E-state index in [4.69, 9.17) is 14.7 Å². The highest BCUT2D eigenvalue weighted by molar-refractivity contribution is 5.90. The average Bonchev–Trinajstić information content (AvgIpc) is 2.96. The molecule has 1 N–H and O–H groups in total. The molecular formula is C15H19N3O3. The smallest absolute Gasteiger partial charge is 0.322 e. The van der Waals surface area contributed by atoms with Crippen LogP contribution in [-0.4, -0.2) is 44.3 Å². The molecule has 1 fully saturated rings. The Morgan fingerprint density at radius 3 is 3.00 bits per heavy atom. The monoisotopic (exact) mass is 289 g/mol. The molecule has 1 aromatic carbocycles. The van der Waals surface area contributed by atoms with Gasteiger partial charge in [0.1, 0.15) is 11.8 Å². The van der Waals surface area contributed by atoms with Crippen LogP contribution in [0.25, 0.3) is 0 Å². The SMILES string of the molecule is COC[C@@H]1CCCN1C(=O)Nc1ccc(OC)c(C#N)c1. The number of methoxy groups -OCH3 is 2. The fraction of sp³-hybridized carbons (Fsp3) is 0.467. The molecule has 6 heteroatoms. The Kier molecular flexibility index (Phi) is 5.01. The zero-order valence-electron chi connectivity index (χ0n) is 12.3. The zero-order valence-corrected chi connectivity index (χ0v) is 12.3. The quantitative estimate of drug-likeness (QED) is 0.922. The number of hydrogen-bond donors (Lipinski definition) is 1. The minimum Gasteiger partial charge on any atom is -0.495 e. The average molecular weight is 289 g/mol. The van der Waals surface area contributed by atoms with Gasteiger partial charge >= 0.3 is 6.03 Å². The number of likely N-dealkylation sites (tertiary alicyclic amines) is 1. The van der Waals surface area contributed by atoms with Crippen molar-refractivity contribution >= 4 is 11.7 Å². The van der Waals surface area contributed by atoms with Crippen LogP contribution >= 0.6 is 0 Å². The summed E-state index contributed by atoms with van der Waals surface area (Å²) < 4.78 is 10.2. The number of nitrogens with zero attached hydrogens (tertiary/aromatic N) is 2. The van der Waals surface area contributed by atoms with Gasteiger partial charge in [-0.2, -0.15) is 5.26 Å². The molecule has 0 saturated carbocycles. The second-order valence-corrected chi connectivity index (χ2v) is 4.90. The van der Waals surface area contributed by atoms with E-state index in [1.54, 1.807) is 30.2 Å². The molecule has 0 spiro atoms. The van der Waals surface area contributed by atoms with E-state index >= 15 is 0 Å². The molecule has 1 aliphatic rings. The van der Waals surface area contributed by atoms with Crippen LogP contribution in [0.3, 0.4) is 0 Å². The number of nitriles is 1. The molecule has 0 bridgehead atoms. The Bertz CT molecular complexity index is 554. The van der Waals surface area contributed by atoms with Crippen molar-refractivity contribution < 1.29 is 14.3 Å². The molecule has 1 saturated heterocycles. The molecule has 6 nitrogen and oxygen atoms in total. The highest BCUT2D eigenvalue weighted by Crippen LogP contribution is 2.23. The van der Waals surface area contributed by atoms with E-state index in [9.17, 15) is 4.79 Å². The molecule has 112 valence electrons. The summed E-state index contributed by atoms with van der Waals surface area (Å²) in [5.74, 6) is 0.494. The van der Waals surface area contributed by atoms with E-state index in [1.807, 2.05) is 6.07 Å². The summed E-state index contributed by atoms with van der Waals surface area (Å²) in [4.78, 5) is 14.1. The number of carbonyl (C=O) groups excluding carboxylic acids is 1. The van der Waals surface area contributed by atoms with Gasteiger partial charge in [0.25, 0.3) is 0 Å². The summed E-state index contributed by atoms with van der Waals surface area (Å²) in [5.41, 5.74) is 0.977. The molecule has 2 rings (SSSR count). The minimum atomic E-state index is -0.163. The van der Waals surface area contributed by atoms with Crippen LogP contribution in [0.2, 0.25) is 0 Å². The second-order valence-electron chi connectivity index (χ2n) is 4.90. The molecule has 0 unspecified atom stereocenters. The van der Waals surface area contributed by atoms with Crippen molar-refractivity contribution in [3.05, 3.63) is 23.8 Å². The van der Waals surface area contributed by atoms with E-state index in [2.05, 4.69) is 5.32 Å². The second kappa shape index (κ2) is 6.95. The maximum absolute atomic E-state index is 12.3. The molecule has 0 aliphatic carbocycles. The fourth-order valence-corrected chi connectivity index (χ4v) is 2.54. The van der Waals surface area contributed by atoms with Gasteiger partial charge in [-0.1, -0.05) is 0 Å². The lowest BCUT2D eigenvalue weighted by Gasteiger charge is -2.24. The zero-order chi connectivity index (χ0) is 15.2. The third-order valence-electron chi connectivity index (χ3n) is 3.57. The van der Waals surface area contributed by atoms with Crippen molar-refractivity contribution in [3.63, 3.8) is 0 Å². The molecule has 1 aliphatic heterocycles. The van der Waals surface area contributed by atoms with Crippen molar-refractivity contribution in [3.8, 4) is 11.8 Å². The van der Waals surface area contributed by atoms with Gasteiger partial charge in [-0.25, -0.2) is 4.79 Å². The lowest BCUT2D eigenvalue weighted by Crippen LogP contribution is -2.40. The maximum atomic E-state index is 12.3. The Morgan fingerprint density at radius 1 is 1.52 bits per heavy atom. The number of amides is 2. The molecule has 0 aromatic heterocycles. The van der Waals surface area contributed by atoms with Gasteiger partial charge < -0.3 is 19.7 Å². The van der Waals surface area contributed by atoms with Gasteiger partial charge in [0.2, 0.25) is 0 Å². The number of rotatable bonds is 4. The molecule has 1 atom stereocenters. The summed E-state index contributed by atoms with van der Waals surface area (Å²) in [5, 5.41) is 11.9. The molecule has 2 amide bonds. The van der Waals surface area contributed by atoms with Crippen LogP contribution < -0.4 is 10.1 Å². The van der Waals surface area contributed by atoms with Crippen molar-refractivity contribution in [1.29, 1.82) is 5.26 Å². The van der Waals surface area contributed by atoms with E-state index in [0.717, 1.165) is 19.4 Å². The van der Waals surface area contributed by atoms with Crippen LogP contribution in [0, 0.1) is 11.3 Å². The maximum Gasteiger partial charge on any atom is 0.322 e. The van der Waals surface area contributed by atoms with Crippen LogP contribution in [-0.2, 0) is 4.74 Å². The number of urea groups is 1. The molecule has 0 radical (unpaired) electrons. The number of benzene rings is 1. The summed E-state index contributed by atoms with van der Waals surface area (Å²) >= 11 is 0. The number of anilines is 1. The van der Waals surface area contributed by atoms with E-state index < -0.39 is 0 Å². The van der Waals surface area contributed by atoms with Gasteiger partial charge in [0.05, 0.1) is 25.3 Å². The van der Waals surface area contributed by atoms with Gasteiger partial charge in [-0.15, -0.1) is 0 Å². The molecule has 1 aromatic rings. The number of hydrogen-bond acceptors (Lipinski definition) is 4. The highest BCUT2D eigenvalue weighted by Gasteiger charge is 2.28. The Labute approximate surface area is 124 Å². The number of carbonyl (C=O) groups is 1. The third kappa shape index (κ3) is 3.44. The largest absolute Gasteiger partial charge is 0.495 e. The van der Waals surface area contributed by atoms with E-state index in [0.29, 0.717) is 23.6 Å². The summed E-state index contributed by atoms with van der Waals surface area (Å²) in [7, 11) is 3.14. The van der Waals surface area contributed by atoms with Crippen molar-refractivity contribution in [2.45, 2.75) is 18.9 Å². The minimum absolute atomic E-state index is 0.115. The van der Waals surface area contributed by atoms with Crippen molar-refractivity contribution in [1.82, 2.24) is 4.90 Å². The lowest BCUT2D eigenvalue weighted by atomic mass is 10.2. The Morgan fingerprint density at radius 2 is 2.33 bits per heavy atom. The third-order valence-corrected chi connectivity index (χ3v) is 3.57. The first-order valence-corrected chi connectivity index (χ1v) is 6.84. The van der Waals surface area contributed by atoms with Crippen LogP contribution in [0.4, 0.5) is 10.5 Å². The number of ether oxygens (including phenoxy) is 2. The van der Waals surface area contributed by atoms with Crippen LogP contribution in [0.15, 0.2) is 18.2 Å². The van der Waals surface area contributed by atoms with Crippen molar-refractivity contribution in [2.75, 3.05) is 32.7 Å². The predicted molar refractivity (Wildman–Crippen MR) is 78.3 cm³/mol. The first-order valence-electron chi connectivity index (χ1n) is 6.84. The summed E-state index contributed by atoms with van der Waals surface area (Å²) in [6.45, 7) is 1.26. The topological polar surface area (TPSA) is 74.6 Å². The fourth-order valence-electron chi connectivity index (χ4n) is 2.54. The summed E-state index contributed by atoms with van der Waals surface area (Å²) in [6.07, 6.45) is 1.93. The first-order chi connectivity index (χ1) is 10.2. The Hall–Kier alpha value is -2.26. The van der Waals surface area contributed by atoms with Crippen LogP contribution in [0.1, 0.15) is 18.4 Å². The molecular weight excluding hydrogens is 270 g/mol. The normalized spacial score (nSPS) is 17.4. The van der Waals surface area contributed by atoms with Crippen LogP contribution in [0.5, 0.6) is 5.75 Å². The first kappa shape index (κ1) is 15.1. The molecule has 1 heterocycles. The standard InChI is InChI=1S/C15H19N3O3/c1-20-10-13-4-3-7-18(13)15(19)17-12-5-6-14(21-2)11(8-12)9-16/h5-6,8,13H,3-4,7,10H2,1-2H3,(H,17,19)/t13-/m0/s1. The predicted octanol–water partition coefficient (Wildman–Crippen LogP) is 2.21. The molecule has 21 heavy (non-hydrogen) atoms. The lowest BCUT2D eigenvalue weighted by molar-refractivity contribution is 0.128. The van der Waals surface area contributed by atoms with Gasteiger partial charge in [-0.05, 0) is 31.0 Å². The van der Waals surface area contributed by atoms with E-state index in [1.165, 1.54) is 7.11 Å². The number of nitrogens with one attached hydrogen (secondary N) is 1. The van der Waals surface area contributed by atoms with Gasteiger partial charge in [-0.3, -0.25) is 0 Å². The van der Waals surface area contributed by atoms with Crippen molar-refractivity contribution in [2.24, 2.45) is 0 Å². The van der Waals surface area contributed by atoms with Gasteiger partial charge in [0.15, 0.2) is 0 Å².